The van der Waals surface area contributed by atoms with Gasteiger partial charge in [0.15, 0.2) is 5.13 Å². The molecular formula is C21H28N4O4S. The number of carbonyl (C=O) groups excluding carboxylic acids is 3. The fourth-order valence-corrected chi connectivity index (χ4v) is 3.07. The van der Waals surface area contributed by atoms with Crippen molar-refractivity contribution in [2.24, 2.45) is 5.92 Å². The van der Waals surface area contributed by atoms with E-state index in [9.17, 15) is 14.4 Å². The molecule has 0 saturated carbocycles. The van der Waals surface area contributed by atoms with E-state index in [1.54, 1.807) is 50.4 Å². The second kappa shape index (κ2) is 10.7. The molecule has 0 radical (unpaired) electrons. The number of anilines is 1. The van der Waals surface area contributed by atoms with E-state index in [2.05, 4.69) is 20.9 Å². The summed E-state index contributed by atoms with van der Waals surface area (Å²) >= 11 is 1.27. The monoisotopic (exact) mass is 432 g/mol. The van der Waals surface area contributed by atoms with Gasteiger partial charge in [-0.25, -0.2) is 9.78 Å². The number of nitrogens with zero attached hydrogens (tertiary/aromatic N) is 1. The minimum Gasteiger partial charge on any atom is -0.444 e. The number of rotatable bonds is 8. The van der Waals surface area contributed by atoms with Gasteiger partial charge in [-0.1, -0.05) is 25.1 Å². The Labute approximate surface area is 180 Å². The van der Waals surface area contributed by atoms with E-state index in [1.165, 1.54) is 11.3 Å². The lowest BCUT2D eigenvalue weighted by Gasteiger charge is -2.20. The zero-order valence-electron chi connectivity index (χ0n) is 17.7. The van der Waals surface area contributed by atoms with Crippen LogP contribution in [0.15, 0.2) is 35.7 Å². The minimum atomic E-state index is -0.547. The average Bonchev–Trinajstić information content (AvgIpc) is 3.10. The van der Waals surface area contributed by atoms with Crippen LogP contribution in [0.25, 0.3) is 0 Å². The first kappa shape index (κ1) is 23.3. The summed E-state index contributed by atoms with van der Waals surface area (Å²) in [5.41, 5.74) is 0.579. The molecule has 0 bridgehead atoms. The highest BCUT2D eigenvalue weighted by Crippen LogP contribution is 2.17. The summed E-state index contributed by atoms with van der Waals surface area (Å²) in [6.45, 7) is 8.11. The van der Waals surface area contributed by atoms with E-state index in [-0.39, 0.29) is 24.2 Å². The smallest absolute Gasteiger partial charge is 0.407 e. The number of hydrogen-bond donors (Lipinski definition) is 3. The third-order valence-electron chi connectivity index (χ3n) is 3.79. The third kappa shape index (κ3) is 8.60. The van der Waals surface area contributed by atoms with Crippen molar-refractivity contribution in [3.05, 3.63) is 47.0 Å². The fourth-order valence-electron chi connectivity index (χ4n) is 2.36. The van der Waals surface area contributed by atoms with Gasteiger partial charge in [-0.05, 0) is 38.8 Å². The van der Waals surface area contributed by atoms with Gasteiger partial charge in [0.25, 0.3) is 5.91 Å². The van der Waals surface area contributed by atoms with Gasteiger partial charge in [0.05, 0.1) is 12.1 Å². The lowest BCUT2D eigenvalue weighted by Crippen LogP contribution is -2.38. The summed E-state index contributed by atoms with van der Waals surface area (Å²) in [6.07, 6.45) is -0.363. The van der Waals surface area contributed by atoms with Crippen LogP contribution >= 0.6 is 11.3 Å². The summed E-state index contributed by atoms with van der Waals surface area (Å²) in [7, 11) is 0. The number of hydrogen-bond acceptors (Lipinski definition) is 6. The fraction of sp³-hybridized carbons (Fsp3) is 0.429. The van der Waals surface area contributed by atoms with Crippen LogP contribution in [0.5, 0.6) is 0 Å². The molecule has 0 unspecified atom stereocenters. The summed E-state index contributed by atoms with van der Waals surface area (Å²) < 4.78 is 5.18. The molecule has 2 aromatic rings. The molecule has 0 aliphatic carbocycles. The van der Waals surface area contributed by atoms with Gasteiger partial charge in [0, 0.05) is 24.0 Å². The molecule has 162 valence electrons. The van der Waals surface area contributed by atoms with E-state index < -0.39 is 11.7 Å². The highest BCUT2D eigenvalue weighted by atomic mass is 32.1. The lowest BCUT2D eigenvalue weighted by atomic mass is 10.2. The standard InChI is InChI=1S/C21H28N4O4S/c1-14(12-23-20(28)29-21(2,3)4)11-22-17(26)10-16-13-30-19(24-16)25-18(27)15-8-6-5-7-9-15/h5-9,13-14H,10-12H2,1-4H3,(H,22,26)(H,23,28)(H,24,25,27)/t14-/m0/s1. The Morgan fingerprint density at radius 3 is 2.43 bits per heavy atom. The van der Waals surface area contributed by atoms with Crippen LogP contribution in [0.3, 0.4) is 0 Å². The molecule has 30 heavy (non-hydrogen) atoms. The molecule has 1 heterocycles. The molecule has 0 saturated heterocycles. The van der Waals surface area contributed by atoms with Crippen molar-refractivity contribution in [1.29, 1.82) is 0 Å². The Morgan fingerprint density at radius 2 is 1.77 bits per heavy atom. The SMILES string of the molecule is C[C@@H](CNC(=O)Cc1csc(NC(=O)c2ccccc2)n1)CNC(=O)OC(C)(C)C. The molecule has 1 aromatic carbocycles. The Kier molecular flexibility index (Phi) is 8.35. The van der Waals surface area contributed by atoms with Crippen molar-refractivity contribution >= 4 is 34.4 Å². The van der Waals surface area contributed by atoms with E-state index in [4.69, 9.17) is 4.74 Å². The second-order valence-electron chi connectivity index (χ2n) is 7.93. The van der Waals surface area contributed by atoms with Crippen LogP contribution in [0.2, 0.25) is 0 Å². The van der Waals surface area contributed by atoms with Gasteiger partial charge < -0.3 is 15.4 Å². The number of benzene rings is 1. The van der Waals surface area contributed by atoms with Gasteiger partial charge in [-0.2, -0.15) is 0 Å². The third-order valence-corrected chi connectivity index (χ3v) is 4.60. The van der Waals surface area contributed by atoms with Gasteiger partial charge in [0.2, 0.25) is 5.91 Å². The van der Waals surface area contributed by atoms with Crippen LogP contribution in [-0.4, -0.2) is 41.6 Å². The van der Waals surface area contributed by atoms with E-state index >= 15 is 0 Å². The van der Waals surface area contributed by atoms with Crippen molar-refractivity contribution in [3.63, 3.8) is 0 Å². The zero-order chi connectivity index (χ0) is 22.1. The van der Waals surface area contributed by atoms with Crippen LogP contribution in [-0.2, 0) is 16.0 Å². The number of ether oxygens (including phenoxy) is 1. The van der Waals surface area contributed by atoms with Crippen molar-refractivity contribution < 1.29 is 19.1 Å². The average molecular weight is 433 g/mol. The van der Waals surface area contributed by atoms with Gasteiger partial charge >= 0.3 is 6.09 Å². The molecule has 0 spiro atoms. The Balaban J connectivity index is 1.71. The molecule has 2 rings (SSSR count). The Bertz CT molecular complexity index is 861. The number of aromatic nitrogens is 1. The van der Waals surface area contributed by atoms with Crippen molar-refractivity contribution in [2.75, 3.05) is 18.4 Å². The van der Waals surface area contributed by atoms with Crippen molar-refractivity contribution in [2.45, 2.75) is 39.7 Å². The summed E-state index contributed by atoms with van der Waals surface area (Å²) in [6, 6.07) is 8.85. The van der Waals surface area contributed by atoms with E-state index in [1.807, 2.05) is 13.0 Å². The molecule has 0 aliphatic rings. The Hall–Kier alpha value is -2.94. The summed E-state index contributed by atoms with van der Waals surface area (Å²) in [5.74, 6) is -0.379. The first-order valence-electron chi connectivity index (χ1n) is 9.67. The number of alkyl carbamates (subject to hydrolysis) is 1. The van der Waals surface area contributed by atoms with Crippen LogP contribution < -0.4 is 16.0 Å². The predicted octanol–water partition coefficient (Wildman–Crippen LogP) is 3.21. The molecule has 0 fully saturated rings. The molecule has 3 amide bonds. The molecule has 8 nitrogen and oxygen atoms in total. The number of nitrogens with one attached hydrogen (secondary N) is 3. The molecule has 0 aliphatic heterocycles. The minimum absolute atomic E-state index is 0.0395. The zero-order valence-corrected chi connectivity index (χ0v) is 18.5. The first-order chi connectivity index (χ1) is 14.1. The number of carbonyl (C=O) groups is 3. The van der Waals surface area contributed by atoms with Gasteiger partial charge in [0.1, 0.15) is 5.60 Å². The molecule has 1 atom stereocenters. The quantitative estimate of drug-likeness (QED) is 0.593. The van der Waals surface area contributed by atoms with E-state index in [0.29, 0.717) is 29.5 Å². The normalized spacial score (nSPS) is 12.0. The molecule has 9 heteroatoms. The highest BCUT2D eigenvalue weighted by molar-refractivity contribution is 7.14. The predicted molar refractivity (Wildman–Crippen MR) is 117 cm³/mol. The van der Waals surface area contributed by atoms with Crippen molar-refractivity contribution in [1.82, 2.24) is 15.6 Å². The van der Waals surface area contributed by atoms with Gasteiger partial charge in [-0.3, -0.25) is 14.9 Å². The van der Waals surface area contributed by atoms with Crippen molar-refractivity contribution in [3.8, 4) is 0 Å². The molecular weight excluding hydrogens is 404 g/mol. The Morgan fingerprint density at radius 1 is 1.10 bits per heavy atom. The highest BCUT2D eigenvalue weighted by Gasteiger charge is 2.17. The van der Waals surface area contributed by atoms with Gasteiger partial charge in [-0.15, -0.1) is 11.3 Å². The first-order valence-corrected chi connectivity index (χ1v) is 10.5. The topological polar surface area (TPSA) is 109 Å². The van der Waals surface area contributed by atoms with Crippen LogP contribution in [0, 0.1) is 5.92 Å². The maximum Gasteiger partial charge on any atom is 0.407 e. The summed E-state index contributed by atoms with van der Waals surface area (Å²) in [5, 5.41) is 10.4. The lowest BCUT2D eigenvalue weighted by molar-refractivity contribution is -0.120. The largest absolute Gasteiger partial charge is 0.444 e. The number of thiazole rings is 1. The summed E-state index contributed by atoms with van der Waals surface area (Å²) in [4.78, 5) is 40.2. The van der Waals surface area contributed by atoms with E-state index in [0.717, 1.165) is 0 Å². The number of amides is 3. The molecule has 1 aromatic heterocycles. The second-order valence-corrected chi connectivity index (χ2v) is 8.79. The molecule has 3 N–H and O–H groups in total. The maximum absolute atomic E-state index is 12.1. The van der Waals surface area contributed by atoms with Crippen LogP contribution in [0.1, 0.15) is 43.7 Å². The van der Waals surface area contributed by atoms with Crippen LogP contribution in [0.4, 0.5) is 9.93 Å². The maximum atomic E-state index is 12.1.